The Hall–Kier alpha value is -2.83. The van der Waals surface area contributed by atoms with Crippen LogP contribution in [0.25, 0.3) is 10.9 Å². The number of hydrogen-bond donors (Lipinski definition) is 3. The average molecular weight is 428 g/mol. The van der Waals surface area contributed by atoms with Crippen LogP contribution in [-0.4, -0.2) is 36.1 Å². The molecule has 0 bridgehead atoms. The third kappa shape index (κ3) is 5.40. The first-order valence-corrected chi connectivity index (χ1v) is 10.3. The number of halogens is 1. The van der Waals surface area contributed by atoms with E-state index < -0.39 is 0 Å². The SMILES string of the molecule is Cc1ccc2[nH]c(C(=O)NCCCOC(C)C)c(NC(=O)c3ccc(Cl)cc3)c2c1. The van der Waals surface area contributed by atoms with E-state index in [1.54, 1.807) is 24.3 Å². The van der Waals surface area contributed by atoms with Crippen LogP contribution >= 0.6 is 11.6 Å². The number of rotatable bonds is 8. The Morgan fingerprint density at radius 3 is 2.53 bits per heavy atom. The summed E-state index contributed by atoms with van der Waals surface area (Å²) >= 11 is 5.91. The van der Waals surface area contributed by atoms with Crippen LogP contribution in [0, 0.1) is 6.92 Å². The van der Waals surface area contributed by atoms with Gasteiger partial charge >= 0.3 is 0 Å². The molecule has 0 unspecified atom stereocenters. The van der Waals surface area contributed by atoms with Gasteiger partial charge in [0.05, 0.1) is 11.8 Å². The highest BCUT2D eigenvalue weighted by atomic mass is 35.5. The zero-order chi connectivity index (χ0) is 21.7. The van der Waals surface area contributed by atoms with Crippen molar-refractivity contribution in [1.29, 1.82) is 0 Å². The number of anilines is 1. The van der Waals surface area contributed by atoms with Crippen molar-refractivity contribution in [3.8, 4) is 0 Å². The average Bonchev–Trinajstić information content (AvgIpc) is 3.05. The highest BCUT2D eigenvalue weighted by molar-refractivity contribution is 6.30. The lowest BCUT2D eigenvalue weighted by Crippen LogP contribution is -2.27. The Morgan fingerprint density at radius 2 is 1.83 bits per heavy atom. The maximum absolute atomic E-state index is 12.8. The van der Waals surface area contributed by atoms with Gasteiger partial charge in [0, 0.05) is 34.6 Å². The van der Waals surface area contributed by atoms with E-state index in [4.69, 9.17) is 16.3 Å². The maximum atomic E-state index is 12.8. The third-order valence-corrected chi connectivity index (χ3v) is 4.84. The molecular weight excluding hydrogens is 402 g/mol. The first-order valence-electron chi connectivity index (χ1n) is 9.94. The largest absolute Gasteiger partial charge is 0.379 e. The summed E-state index contributed by atoms with van der Waals surface area (Å²) in [5.41, 5.74) is 3.05. The van der Waals surface area contributed by atoms with E-state index in [2.05, 4.69) is 15.6 Å². The Kier molecular flexibility index (Phi) is 7.13. The summed E-state index contributed by atoms with van der Waals surface area (Å²) in [5, 5.41) is 7.12. The van der Waals surface area contributed by atoms with Crippen LogP contribution in [0.4, 0.5) is 5.69 Å². The predicted molar refractivity (Wildman–Crippen MR) is 120 cm³/mol. The van der Waals surface area contributed by atoms with E-state index in [0.717, 1.165) is 16.5 Å². The van der Waals surface area contributed by atoms with E-state index in [9.17, 15) is 9.59 Å². The van der Waals surface area contributed by atoms with Crippen molar-refractivity contribution in [2.24, 2.45) is 0 Å². The quantitative estimate of drug-likeness (QED) is 0.446. The number of H-pyrrole nitrogens is 1. The van der Waals surface area contributed by atoms with Crippen molar-refractivity contribution in [1.82, 2.24) is 10.3 Å². The highest BCUT2D eigenvalue weighted by Gasteiger charge is 2.20. The minimum atomic E-state index is -0.312. The normalized spacial score (nSPS) is 11.1. The second-order valence-corrected chi connectivity index (χ2v) is 7.85. The van der Waals surface area contributed by atoms with Crippen LogP contribution in [-0.2, 0) is 4.74 Å². The summed E-state index contributed by atoms with van der Waals surface area (Å²) in [5.74, 6) is -0.590. The second-order valence-electron chi connectivity index (χ2n) is 7.41. The molecule has 3 N–H and O–H groups in total. The van der Waals surface area contributed by atoms with Gasteiger partial charge in [0.1, 0.15) is 5.69 Å². The Bertz CT molecular complexity index is 1040. The summed E-state index contributed by atoms with van der Waals surface area (Å²) in [4.78, 5) is 28.7. The van der Waals surface area contributed by atoms with Crippen molar-refractivity contribution in [3.63, 3.8) is 0 Å². The number of aryl methyl sites for hydroxylation is 1. The summed E-state index contributed by atoms with van der Waals surface area (Å²) in [6.45, 7) is 6.96. The zero-order valence-corrected chi connectivity index (χ0v) is 18.1. The van der Waals surface area contributed by atoms with Gasteiger partial charge in [0.15, 0.2) is 0 Å². The van der Waals surface area contributed by atoms with Crippen molar-refractivity contribution in [2.45, 2.75) is 33.3 Å². The zero-order valence-electron chi connectivity index (χ0n) is 17.3. The number of nitrogens with one attached hydrogen (secondary N) is 3. The van der Waals surface area contributed by atoms with E-state index >= 15 is 0 Å². The van der Waals surface area contributed by atoms with Crippen LogP contribution in [0.2, 0.25) is 5.02 Å². The van der Waals surface area contributed by atoms with Crippen molar-refractivity contribution >= 4 is 40.0 Å². The van der Waals surface area contributed by atoms with Gasteiger partial charge in [-0.25, -0.2) is 0 Å². The van der Waals surface area contributed by atoms with E-state index in [-0.39, 0.29) is 17.9 Å². The molecule has 0 radical (unpaired) electrons. The van der Waals surface area contributed by atoms with E-state index in [0.29, 0.717) is 41.5 Å². The van der Waals surface area contributed by atoms with Crippen LogP contribution in [0.3, 0.4) is 0 Å². The van der Waals surface area contributed by atoms with E-state index in [1.807, 2.05) is 39.0 Å². The van der Waals surface area contributed by atoms with Gasteiger partial charge in [-0.1, -0.05) is 23.2 Å². The molecule has 30 heavy (non-hydrogen) atoms. The van der Waals surface area contributed by atoms with Gasteiger partial charge in [-0.15, -0.1) is 0 Å². The third-order valence-electron chi connectivity index (χ3n) is 4.58. The number of benzene rings is 2. The van der Waals surface area contributed by atoms with Gasteiger partial charge in [0.2, 0.25) is 0 Å². The number of fused-ring (bicyclic) bond motifs is 1. The lowest BCUT2D eigenvalue weighted by atomic mass is 10.1. The molecule has 1 heterocycles. The van der Waals surface area contributed by atoms with Crippen LogP contribution in [0.15, 0.2) is 42.5 Å². The molecule has 6 nitrogen and oxygen atoms in total. The molecule has 0 fully saturated rings. The fourth-order valence-corrected chi connectivity index (χ4v) is 3.20. The number of carbonyl (C=O) groups is 2. The number of hydrogen-bond acceptors (Lipinski definition) is 3. The molecule has 2 aromatic carbocycles. The number of aromatic nitrogens is 1. The van der Waals surface area contributed by atoms with Crippen molar-refractivity contribution in [2.75, 3.05) is 18.5 Å². The number of ether oxygens (including phenoxy) is 1. The van der Waals surface area contributed by atoms with Crippen LogP contribution in [0.5, 0.6) is 0 Å². The smallest absolute Gasteiger partial charge is 0.269 e. The second kappa shape index (κ2) is 9.78. The topological polar surface area (TPSA) is 83.2 Å². The molecule has 0 aliphatic rings. The molecule has 158 valence electrons. The van der Waals surface area contributed by atoms with Gasteiger partial charge < -0.3 is 20.4 Å². The lowest BCUT2D eigenvalue weighted by molar-refractivity contribution is 0.0756. The standard InChI is InChI=1S/C23H26ClN3O3/c1-14(2)30-12-4-11-25-23(29)21-20(18-13-15(3)5-10-19(18)26-21)27-22(28)16-6-8-17(24)9-7-16/h5-10,13-14,26H,4,11-12H2,1-3H3,(H,25,29)(H,27,28). The number of aromatic amines is 1. The molecule has 3 aromatic rings. The number of amides is 2. The maximum Gasteiger partial charge on any atom is 0.269 e. The molecule has 0 spiro atoms. The molecular formula is C23H26ClN3O3. The van der Waals surface area contributed by atoms with Gasteiger partial charge in [-0.05, 0) is 63.6 Å². The highest BCUT2D eigenvalue weighted by Crippen LogP contribution is 2.29. The molecule has 0 saturated heterocycles. The molecule has 0 aliphatic carbocycles. The first-order chi connectivity index (χ1) is 14.3. The van der Waals surface area contributed by atoms with Gasteiger partial charge in [-0.3, -0.25) is 9.59 Å². The Morgan fingerprint density at radius 1 is 1.10 bits per heavy atom. The molecule has 1 aromatic heterocycles. The molecule has 0 atom stereocenters. The Labute approximate surface area is 181 Å². The molecule has 3 rings (SSSR count). The van der Waals surface area contributed by atoms with Crippen LogP contribution < -0.4 is 10.6 Å². The van der Waals surface area contributed by atoms with Gasteiger partial charge in [0.25, 0.3) is 11.8 Å². The molecule has 0 aliphatic heterocycles. The summed E-state index contributed by atoms with van der Waals surface area (Å²) < 4.78 is 5.50. The van der Waals surface area contributed by atoms with E-state index in [1.165, 1.54) is 0 Å². The predicted octanol–water partition coefficient (Wildman–Crippen LogP) is 4.93. The monoisotopic (exact) mass is 427 g/mol. The minimum Gasteiger partial charge on any atom is -0.379 e. The fourth-order valence-electron chi connectivity index (χ4n) is 3.07. The van der Waals surface area contributed by atoms with Crippen molar-refractivity contribution in [3.05, 3.63) is 64.3 Å². The molecule has 2 amide bonds. The summed E-state index contributed by atoms with van der Waals surface area (Å²) in [6, 6.07) is 12.4. The minimum absolute atomic E-state index is 0.160. The Balaban J connectivity index is 1.82. The fraction of sp³-hybridized carbons (Fsp3) is 0.304. The summed E-state index contributed by atoms with van der Waals surface area (Å²) in [7, 11) is 0. The lowest BCUT2D eigenvalue weighted by Gasteiger charge is -2.10. The molecule has 7 heteroatoms. The number of carbonyl (C=O) groups excluding carboxylic acids is 2. The first kappa shape index (κ1) is 21.9. The van der Waals surface area contributed by atoms with Crippen molar-refractivity contribution < 1.29 is 14.3 Å². The summed E-state index contributed by atoms with van der Waals surface area (Å²) in [6.07, 6.45) is 0.864. The van der Waals surface area contributed by atoms with Crippen LogP contribution in [0.1, 0.15) is 46.7 Å². The van der Waals surface area contributed by atoms with Gasteiger partial charge in [-0.2, -0.15) is 0 Å². The molecule has 0 saturated carbocycles.